The molecule has 1 aliphatic rings. The van der Waals surface area contributed by atoms with Crippen LogP contribution < -0.4 is 0 Å². The molecule has 102 valence electrons. The summed E-state index contributed by atoms with van der Waals surface area (Å²) < 4.78 is 15.9. The van der Waals surface area contributed by atoms with Crippen LogP contribution in [-0.2, 0) is 14.2 Å². The standard InChI is InChI=1S/C12H26O4Si/c1-12(13,8-10(14-2)15-3)7-9-11(16-9)17(4,5)6/h9-11,13H,7-8H2,1-6H3. The molecule has 0 saturated carbocycles. The van der Waals surface area contributed by atoms with Crippen molar-refractivity contribution in [2.45, 2.75) is 63.1 Å². The molecule has 3 atom stereocenters. The van der Waals surface area contributed by atoms with Crippen LogP contribution in [0.1, 0.15) is 19.8 Å². The van der Waals surface area contributed by atoms with Crippen molar-refractivity contribution in [2.75, 3.05) is 14.2 Å². The summed E-state index contributed by atoms with van der Waals surface area (Å²) in [6, 6.07) is 0. The van der Waals surface area contributed by atoms with E-state index in [2.05, 4.69) is 19.6 Å². The van der Waals surface area contributed by atoms with Gasteiger partial charge in [0, 0.05) is 27.1 Å². The van der Waals surface area contributed by atoms with Gasteiger partial charge in [-0.15, -0.1) is 0 Å². The van der Waals surface area contributed by atoms with E-state index in [-0.39, 0.29) is 12.4 Å². The van der Waals surface area contributed by atoms with E-state index in [9.17, 15) is 5.11 Å². The summed E-state index contributed by atoms with van der Waals surface area (Å²) in [5.41, 5.74) is -0.409. The maximum atomic E-state index is 10.3. The molecule has 0 aliphatic carbocycles. The minimum atomic E-state index is -1.24. The largest absolute Gasteiger partial charge is 0.390 e. The fourth-order valence-corrected chi connectivity index (χ4v) is 4.01. The first kappa shape index (κ1) is 15.1. The Balaban J connectivity index is 2.41. The van der Waals surface area contributed by atoms with E-state index in [0.29, 0.717) is 18.6 Å². The quantitative estimate of drug-likeness (QED) is 0.432. The molecule has 1 rings (SSSR count). The second kappa shape index (κ2) is 5.36. The maximum Gasteiger partial charge on any atom is 0.159 e. The van der Waals surface area contributed by atoms with Crippen molar-refractivity contribution >= 4 is 8.07 Å². The summed E-state index contributed by atoms with van der Waals surface area (Å²) in [5, 5.41) is 10.3. The van der Waals surface area contributed by atoms with Gasteiger partial charge in [0.15, 0.2) is 6.29 Å². The van der Waals surface area contributed by atoms with Gasteiger partial charge in [0.1, 0.15) is 0 Å². The minimum Gasteiger partial charge on any atom is -0.390 e. The maximum absolute atomic E-state index is 10.3. The Morgan fingerprint density at radius 3 is 2.18 bits per heavy atom. The van der Waals surface area contributed by atoms with Gasteiger partial charge in [-0.05, 0) is 6.92 Å². The Labute approximate surface area is 105 Å². The zero-order chi connectivity index (χ0) is 13.3. The molecule has 0 spiro atoms. The van der Waals surface area contributed by atoms with Gasteiger partial charge in [0.2, 0.25) is 0 Å². The van der Waals surface area contributed by atoms with Crippen LogP contribution in [0.5, 0.6) is 0 Å². The van der Waals surface area contributed by atoms with E-state index >= 15 is 0 Å². The Morgan fingerprint density at radius 1 is 1.29 bits per heavy atom. The first-order valence-corrected chi connectivity index (χ1v) is 9.71. The van der Waals surface area contributed by atoms with Crippen molar-refractivity contribution in [3.05, 3.63) is 0 Å². The third-order valence-corrected chi connectivity index (χ3v) is 5.42. The third-order valence-electron chi connectivity index (χ3n) is 3.21. The lowest BCUT2D eigenvalue weighted by Crippen LogP contribution is -2.36. The SMILES string of the molecule is COC(CC(C)(O)CC1OC1[Si](C)(C)C)OC. The van der Waals surface area contributed by atoms with Gasteiger partial charge in [-0.3, -0.25) is 0 Å². The number of hydrogen-bond donors (Lipinski definition) is 1. The molecule has 0 aromatic rings. The van der Waals surface area contributed by atoms with Crippen molar-refractivity contribution in [3.8, 4) is 0 Å². The van der Waals surface area contributed by atoms with E-state index in [1.54, 1.807) is 14.2 Å². The Bertz CT molecular complexity index is 245. The van der Waals surface area contributed by atoms with Crippen LogP contribution in [-0.4, -0.2) is 51.1 Å². The van der Waals surface area contributed by atoms with Crippen LogP contribution >= 0.6 is 0 Å². The zero-order valence-corrected chi connectivity index (χ0v) is 12.8. The lowest BCUT2D eigenvalue weighted by molar-refractivity contribution is -0.142. The van der Waals surface area contributed by atoms with Crippen molar-refractivity contribution in [2.24, 2.45) is 0 Å². The van der Waals surface area contributed by atoms with Crippen LogP contribution in [0.4, 0.5) is 0 Å². The van der Waals surface area contributed by atoms with E-state index in [1.165, 1.54) is 0 Å². The van der Waals surface area contributed by atoms with Crippen molar-refractivity contribution in [3.63, 3.8) is 0 Å². The van der Waals surface area contributed by atoms with Gasteiger partial charge in [-0.2, -0.15) is 0 Å². The summed E-state index contributed by atoms with van der Waals surface area (Å²) in [6.07, 6.45) is 0.990. The molecule has 1 heterocycles. The van der Waals surface area contributed by atoms with E-state index in [4.69, 9.17) is 14.2 Å². The van der Waals surface area contributed by atoms with Crippen LogP contribution in [0.3, 0.4) is 0 Å². The highest BCUT2D eigenvalue weighted by molar-refractivity contribution is 6.78. The summed E-state index contributed by atoms with van der Waals surface area (Å²) in [5.74, 6) is 0. The van der Waals surface area contributed by atoms with Crippen LogP contribution in [0, 0.1) is 0 Å². The molecule has 17 heavy (non-hydrogen) atoms. The molecule has 1 N–H and O–H groups in total. The van der Waals surface area contributed by atoms with Gasteiger partial charge < -0.3 is 19.3 Å². The first-order chi connectivity index (χ1) is 7.69. The second-order valence-corrected chi connectivity index (χ2v) is 11.6. The highest BCUT2D eigenvalue weighted by Gasteiger charge is 2.50. The minimum absolute atomic E-state index is 0.214. The number of rotatable bonds is 7. The lowest BCUT2D eigenvalue weighted by atomic mass is 9.96. The molecule has 1 fully saturated rings. The topological polar surface area (TPSA) is 51.2 Å². The van der Waals surface area contributed by atoms with Crippen LogP contribution in [0.15, 0.2) is 0 Å². The highest BCUT2D eigenvalue weighted by atomic mass is 28.3. The van der Waals surface area contributed by atoms with Gasteiger partial charge in [0.05, 0.1) is 25.5 Å². The van der Waals surface area contributed by atoms with Gasteiger partial charge in [-0.25, -0.2) is 0 Å². The number of epoxide rings is 1. The molecule has 0 amide bonds. The Morgan fingerprint density at radius 2 is 1.82 bits per heavy atom. The molecule has 0 aromatic heterocycles. The third kappa shape index (κ3) is 4.67. The van der Waals surface area contributed by atoms with Gasteiger partial charge >= 0.3 is 0 Å². The fraction of sp³-hybridized carbons (Fsp3) is 1.00. The number of hydrogen-bond acceptors (Lipinski definition) is 4. The van der Waals surface area contributed by atoms with Crippen molar-refractivity contribution < 1.29 is 19.3 Å². The van der Waals surface area contributed by atoms with E-state index in [0.717, 1.165) is 0 Å². The number of aliphatic hydroxyl groups is 1. The van der Waals surface area contributed by atoms with Gasteiger partial charge in [0.25, 0.3) is 0 Å². The molecule has 0 bridgehead atoms. The molecule has 0 aromatic carbocycles. The predicted octanol–water partition coefficient (Wildman–Crippen LogP) is 1.78. The summed E-state index contributed by atoms with van der Waals surface area (Å²) in [7, 11) is 1.93. The van der Waals surface area contributed by atoms with Crippen molar-refractivity contribution in [1.29, 1.82) is 0 Å². The fourth-order valence-electron chi connectivity index (χ4n) is 2.20. The van der Waals surface area contributed by atoms with E-state index < -0.39 is 13.7 Å². The average Bonchev–Trinajstić information content (AvgIpc) is 2.92. The molecule has 3 unspecified atom stereocenters. The monoisotopic (exact) mass is 262 g/mol. The first-order valence-electron chi connectivity index (χ1n) is 6.13. The lowest BCUT2D eigenvalue weighted by Gasteiger charge is -2.26. The number of methoxy groups -OCH3 is 2. The molecule has 0 radical (unpaired) electrons. The molecule has 1 aliphatic heterocycles. The normalized spacial score (nSPS) is 28.2. The molecular formula is C12H26O4Si. The average molecular weight is 262 g/mol. The Hall–Kier alpha value is 0.0569. The van der Waals surface area contributed by atoms with Crippen LogP contribution in [0.25, 0.3) is 0 Å². The summed E-state index contributed by atoms with van der Waals surface area (Å²) in [4.78, 5) is 0. The molecule has 5 heteroatoms. The number of ether oxygens (including phenoxy) is 3. The molecule has 1 saturated heterocycles. The highest BCUT2D eigenvalue weighted by Crippen LogP contribution is 2.37. The van der Waals surface area contributed by atoms with Gasteiger partial charge in [-0.1, -0.05) is 19.6 Å². The predicted molar refractivity (Wildman–Crippen MR) is 69.7 cm³/mol. The smallest absolute Gasteiger partial charge is 0.159 e. The second-order valence-electron chi connectivity index (χ2n) is 6.27. The Kier molecular flexibility index (Phi) is 4.77. The molecular weight excluding hydrogens is 236 g/mol. The molecule has 4 nitrogen and oxygen atoms in total. The van der Waals surface area contributed by atoms with Crippen LogP contribution in [0.2, 0.25) is 19.6 Å². The summed E-state index contributed by atoms with van der Waals surface area (Å²) in [6.45, 7) is 8.69. The zero-order valence-electron chi connectivity index (χ0n) is 11.8. The van der Waals surface area contributed by atoms with Crippen molar-refractivity contribution in [1.82, 2.24) is 0 Å². The summed E-state index contributed by atoms with van der Waals surface area (Å²) >= 11 is 0. The van der Waals surface area contributed by atoms with E-state index in [1.807, 2.05) is 6.92 Å².